The lowest BCUT2D eigenvalue weighted by molar-refractivity contribution is -0.145. The van der Waals surface area contributed by atoms with Crippen LogP contribution in [0, 0.1) is 0 Å². The molecular formula is C34H60O4. The fourth-order valence-electron chi connectivity index (χ4n) is 7.55. The van der Waals surface area contributed by atoms with E-state index < -0.39 is 11.2 Å². The van der Waals surface area contributed by atoms with Crippen LogP contribution >= 0.6 is 0 Å². The molecule has 3 aliphatic carbocycles. The molecule has 0 saturated heterocycles. The maximum Gasteiger partial charge on any atom is 0.334 e. The molecule has 3 saturated carbocycles. The Morgan fingerprint density at radius 2 is 0.816 bits per heavy atom. The Morgan fingerprint density at radius 1 is 0.526 bits per heavy atom. The van der Waals surface area contributed by atoms with Gasteiger partial charge < -0.3 is 14.9 Å². The first-order chi connectivity index (χ1) is 18.4. The van der Waals surface area contributed by atoms with E-state index in [4.69, 9.17) is 4.74 Å². The van der Waals surface area contributed by atoms with E-state index in [0.29, 0.717) is 36.8 Å². The van der Waals surface area contributed by atoms with Crippen molar-refractivity contribution >= 4 is 5.97 Å². The van der Waals surface area contributed by atoms with Crippen molar-refractivity contribution in [1.82, 2.24) is 0 Å². The molecule has 3 aliphatic rings. The second-order valence-electron chi connectivity index (χ2n) is 13.1. The molecule has 2 N–H and O–H groups in total. The van der Waals surface area contributed by atoms with Crippen LogP contribution in [0.1, 0.15) is 180 Å². The predicted molar refractivity (Wildman–Crippen MR) is 157 cm³/mol. The molecule has 3 fully saturated rings. The smallest absolute Gasteiger partial charge is 0.334 e. The van der Waals surface area contributed by atoms with Gasteiger partial charge >= 0.3 is 5.97 Å². The second kappa shape index (κ2) is 17.1. The highest BCUT2D eigenvalue weighted by molar-refractivity contribution is 5.89. The molecule has 0 bridgehead atoms. The molecule has 0 amide bonds. The van der Waals surface area contributed by atoms with Gasteiger partial charge in [-0.15, -0.1) is 0 Å². The van der Waals surface area contributed by atoms with Gasteiger partial charge in [0.15, 0.2) is 0 Å². The number of aliphatic hydroxyl groups is 2. The SMILES string of the molecule is CC(C(=O)OC1CCCCCCCCC1)=C(C1(O)CCCCCCCCC1)C1(O)CCCCCCCCC1. The summed E-state index contributed by atoms with van der Waals surface area (Å²) in [4.78, 5) is 13.8. The number of rotatable bonds is 4. The molecule has 0 unspecified atom stereocenters. The fourth-order valence-corrected chi connectivity index (χ4v) is 7.55. The maximum absolute atomic E-state index is 13.8. The first kappa shape index (κ1) is 31.7. The zero-order valence-electron chi connectivity index (χ0n) is 24.9. The molecule has 0 aromatic rings. The van der Waals surface area contributed by atoms with E-state index >= 15 is 0 Å². The lowest BCUT2D eigenvalue weighted by Crippen LogP contribution is -2.47. The van der Waals surface area contributed by atoms with Crippen molar-refractivity contribution in [2.24, 2.45) is 0 Å². The standard InChI is InChI=1S/C34H60O4/c1-29(32(35)38-30-23-17-11-5-2-6-12-18-24-30)31(33(36)25-19-13-7-3-8-14-20-26-33)34(37)27-21-15-9-4-10-16-22-28-34/h30,36-37H,2-28H2,1H3. The molecule has 0 spiro atoms. The van der Waals surface area contributed by atoms with Gasteiger partial charge in [0.25, 0.3) is 0 Å². The van der Waals surface area contributed by atoms with Crippen LogP contribution in [0.5, 0.6) is 0 Å². The van der Waals surface area contributed by atoms with Crippen molar-refractivity contribution in [2.45, 2.75) is 198 Å². The summed E-state index contributed by atoms with van der Waals surface area (Å²) in [5, 5.41) is 24.8. The number of carbonyl (C=O) groups is 1. The average Bonchev–Trinajstić information content (AvgIpc) is 2.91. The summed E-state index contributed by atoms with van der Waals surface area (Å²) >= 11 is 0. The van der Waals surface area contributed by atoms with Crippen LogP contribution in [0.4, 0.5) is 0 Å². The first-order valence-electron chi connectivity index (χ1n) is 16.8. The second-order valence-corrected chi connectivity index (χ2v) is 13.1. The van der Waals surface area contributed by atoms with E-state index in [2.05, 4.69) is 0 Å². The van der Waals surface area contributed by atoms with Gasteiger partial charge in [0.1, 0.15) is 6.10 Å². The summed E-state index contributed by atoms with van der Waals surface area (Å²) < 4.78 is 6.22. The van der Waals surface area contributed by atoms with E-state index in [1.165, 1.54) is 70.6 Å². The largest absolute Gasteiger partial charge is 0.459 e. The molecule has 3 rings (SSSR count). The summed E-state index contributed by atoms with van der Waals surface area (Å²) in [5.41, 5.74) is -1.12. The fraction of sp³-hybridized carbons (Fsp3) is 0.912. The van der Waals surface area contributed by atoms with Crippen LogP contribution in [-0.4, -0.2) is 33.5 Å². The Hall–Kier alpha value is -0.870. The average molecular weight is 533 g/mol. The first-order valence-corrected chi connectivity index (χ1v) is 16.8. The summed E-state index contributed by atoms with van der Waals surface area (Å²) in [5.74, 6) is -0.293. The maximum atomic E-state index is 13.8. The van der Waals surface area contributed by atoms with Crippen molar-refractivity contribution < 1.29 is 19.7 Å². The summed E-state index contributed by atoms with van der Waals surface area (Å²) in [7, 11) is 0. The molecule has 4 heteroatoms. The minimum Gasteiger partial charge on any atom is -0.459 e. The van der Waals surface area contributed by atoms with Crippen LogP contribution < -0.4 is 0 Å². The van der Waals surface area contributed by atoms with E-state index in [0.717, 1.165) is 77.0 Å². The highest BCUT2D eigenvalue weighted by Gasteiger charge is 2.46. The number of hydrogen-bond donors (Lipinski definition) is 2. The van der Waals surface area contributed by atoms with Crippen molar-refractivity contribution in [1.29, 1.82) is 0 Å². The van der Waals surface area contributed by atoms with E-state index in [1.807, 2.05) is 6.92 Å². The van der Waals surface area contributed by atoms with Gasteiger partial charge in [-0.1, -0.05) is 122 Å². The van der Waals surface area contributed by atoms with E-state index in [9.17, 15) is 15.0 Å². The van der Waals surface area contributed by atoms with Crippen LogP contribution in [0.2, 0.25) is 0 Å². The lowest BCUT2D eigenvalue weighted by Gasteiger charge is -2.43. The zero-order valence-corrected chi connectivity index (χ0v) is 24.9. The quantitative estimate of drug-likeness (QED) is 0.280. The van der Waals surface area contributed by atoms with Crippen molar-refractivity contribution in [3.05, 3.63) is 11.1 Å². The zero-order chi connectivity index (χ0) is 27.1. The molecule has 0 atom stereocenters. The minimum absolute atomic E-state index is 0.0471. The van der Waals surface area contributed by atoms with Crippen LogP contribution in [-0.2, 0) is 9.53 Å². The van der Waals surface area contributed by atoms with Crippen LogP contribution in [0.15, 0.2) is 11.1 Å². The highest BCUT2D eigenvalue weighted by Crippen LogP contribution is 2.44. The Morgan fingerprint density at radius 3 is 1.16 bits per heavy atom. The van der Waals surface area contributed by atoms with Gasteiger partial charge in [-0.3, -0.25) is 0 Å². The van der Waals surface area contributed by atoms with Gasteiger partial charge in [0, 0.05) is 11.1 Å². The Kier molecular flexibility index (Phi) is 14.2. The molecule has 4 nitrogen and oxygen atoms in total. The number of hydrogen-bond acceptors (Lipinski definition) is 4. The molecular weight excluding hydrogens is 472 g/mol. The van der Waals surface area contributed by atoms with Gasteiger partial charge in [0.2, 0.25) is 0 Å². The highest BCUT2D eigenvalue weighted by atomic mass is 16.5. The minimum atomic E-state index is -1.13. The Bertz CT molecular complexity index is 647. The topological polar surface area (TPSA) is 66.8 Å². The van der Waals surface area contributed by atoms with Gasteiger partial charge in [0.05, 0.1) is 11.2 Å². The third-order valence-electron chi connectivity index (χ3n) is 9.80. The van der Waals surface area contributed by atoms with Crippen LogP contribution in [0.25, 0.3) is 0 Å². The van der Waals surface area contributed by atoms with Gasteiger partial charge in [-0.05, 0) is 58.3 Å². The third-order valence-corrected chi connectivity index (χ3v) is 9.80. The summed E-state index contributed by atoms with van der Waals surface area (Å²) in [6.45, 7) is 1.85. The number of esters is 1. The predicted octanol–water partition coefficient (Wildman–Crippen LogP) is 9.25. The van der Waals surface area contributed by atoms with E-state index in [-0.39, 0.29) is 12.1 Å². The Balaban J connectivity index is 1.92. The normalized spacial score (nSPS) is 25.4. The number of ether oxygens (including phenoxy) is 1. The molecule has 0 heterocycles. The van der Waals surface area contributed by atoms with Gasteiger partial charge in [-0.2, -0.15) is 0 Å². The van der Waals surface area contributed by atoms with Crippen molar-refractivity contribution in [3.8, 4) is 0 Å². The third kappa shape index (κ3) is 10.3. The Labute approximate surface area is 234 Å². The molecule has 220 valence electrons. The molecule has 38 heavy (non-hydrogen) atoms. The number of carbonyl (C=O) groups excluding carboxylic acids is 1. The lowest BCUT2D eigenvalue weighted by atomic mass is 9.69. The summed E-state index contributed by atoms with van der Waals surface area (Å²) in [6, 6.07) is 0. The van der Waals surface area contributed by atoms with Crippen LogP contribution in [0.3, 0.4) is 0 Å². The summed E-state index contributed by atoms with van der Waals surface area (Å²) in [6.07, 6.45) is 28.5. The molecule has 0 aromatic heterocycles. The molecule has 0 aromatic carbocycles. The monoisotopic (exact) mass is 532 g/mol. The van der Waals surface area contributed by atoms with Gasteiger partial charge in [-0.25, -0.2) is 4.79 Å². The van der Waals surface area contributed by atoms with E-state index in [1.54, 1.807) is 0 Å². The molecule has 0 radical (unpaired) electrons. The van der Waals surface area contributed by atoms with Crippen molar-refractivity contribution in [2.75, 3.05) is 0 Å². The molecule has 0 aliphatic heterocycles. The van der Waals surface area contributed by atoms with Crippen molar-refractivity contribution in [3.63, 3.8) is 0 Å².